The second kappa shape index (κ2) is 8.01. The predicted molar refractivity (Wildman–Crippen MR) is 118 cm³/mol. The Kier molecular flexibility index (Phi) is 5.03. The van der Waals surface area contributed by atoms with E-state index in [0.29, 0.717) is 46.7 Å². The molecule has 1 N–H and O–H groups in total. The zero-order valence-electron chi connectivity index (χ0n) is 16.6. The first-order chi connectivity index (χ1) is 15.5. The van der Waals surface area contributed by atoms with Crippen LogP contribution in [0.25, 0.3) is 5.57 Å². The number of hydrogen-bond acceptors (Lipinski definition) is 5. The number of carbonyl (C=O) groups excluding carboxylic acids is 2. The number of benzene rings is 3. The Hall–Kier alpha value is -3.84. The lowest BCUT2D eigenvalue weighted by Gasteiger charge is -2.19. The smallest absolute Gasteiger partial charge is 0.282 e. The molecule has 5 rings (SSSR count). The summed E-state index contributed by atoms with van der Waals surface area (Å²) in [6.07, 6.45) is 0. The average Bonchev–Trinajstić information content (AvgIpc) is 3.03. The maximum atomic E-state index is 13.5. The van der Waals surface area contributed by atoms with E-state index in [-0.39, 0.29) is 11.3 Å². The van der Waals surface area contributed by atoms with Crippen molar-refractivity contribution in [3.63, 3.8) is 0 Å². The van der Waals surface area contributed by atoms with E-state index in [1.807, 2.05) is 0 Å². The normalized spacial score (nSPS) is 15.4. The first-order valence-corrected chi connectivity index (χ1v) is 10.2. The summed E-state index contributed by atoms with van der Waals surface area (Å²) in [4.78, 5) is 27.8. The molecule has 0 saturated heterocycles. The SMILES string of the molecule is O=C1C(Nc2ccc3c(c2)OCCO3)=C(c2ccc(F)cc2)C(=O)N1c1cccc(Cl)c1. The van der Waals surface area contributed by atoms with Crippen LogP contribution in [0, 0.1) is 5.82 Å². The van der Waals surface area contributed by atoms with Crippen LogP contribution in [0.2, 0.25) is 5.02 Å². The molecule has 2 aliphatic heterocycles. The van der Waals surface area contributed by atoms with Gasteiger partial charge in [0.05, 0.1) is 11.3 Å². The van der Waals surface area contributed by atoms with E-state index in [1.54, 1.807) is 36.4 Å². The summed E-state index contributed by atoms with van der Waals surface area (Å²) in [5.41, 5.74) is 1.49. The summed E-state index contributed by atoms with van der Waals surface area (Å²) in [7, 11) is 0. The minimum Gasteiger partial charge on any atom is -0.486 e. The Morgan fingerprint density at radius 2 is 1.62 bits per heavy atom. The van der Waals surface area contributed by atoms with Crippen LogP contribution in [-0.2, 0) is 9.59 Å². The monoisotopic (exact) mass is 450 g/mol. The van der Waals surface area contributed by atoms with Gasteiger partial charge in [0.2, 0.25) is 0 Å². The van der Waals surface area contributed by atoms with E-state index < -0.39 is 17.6 Å². The van der Waals surface area contributed by atoms with Crippen LogP contribution < -0.4 is 19.7 Å². The number of nitrogens with one attached hydrogen (secondary N) is 1. The predicted octanol–water partition coefficient (Wildman–Crippen LogP) is 4.65. The molecule has 3 aromatic rings. The summed E-state index contributed by atoms with van der Waals surface area (Å²) in [6, 6.07) is 17.0. The van der Waals surface area contributed by atoms with Gasteiger partial charge in [0, 0.05) is 16.8 Å². The number of carbonyl (C=O) groups is 2. The molecule has 2 heterocycles. The summed E-state index contributed by atoms with van der Waals surface area (Å²) in [5.74, 6) is -0.396. The minimum absolute atomic E-state index is 0.0678. The molecule has 0 radical (unpaired) electrons. The number of imide groups is 1. The highest BCUT2D eigenvalue weighted by Crippen LogP contribution is 2.37. The summed E-state index contributed by atoms with van der Waals surface area (Å²) >= 11 is 6.08. The van der Waals surface area contributed by atoms with Crippen molar-refractivity contribution in [2.75, 3.05) is 23.4 Å². The highest BCUT2D eigenvalue weighted by Gasteiger charge is 2.40. The van der Waals surface area contributed by atoms with Crippen molar-refractivity contribution in [2.45, 2.75) is 0 Å². The van der Waals surface area contributed by atoms with Gasteiger partial charge in [-0.15, -0.1) is 0 Å². The fourth-order valence-corrected chi connectivity index (χ4v) is 3.83. The van der Waals surface area contributed by atoms with Crippen LogP contribution in [0.15, 0.2) is 72.4 Å². The molecule has 160 valence electrons. The van der Waals surface area contributed by atoms with Crippen molar-refractivity contribution >= 4 is 40.4 Å². The van der Waals surface area contributed by atoms with Gasteiger partial charge in [-0.3, -0.25) is 9.59 Å². The van der Waals surface area contributed by atoms with E-state index in [2.05, 4.69) is 5.32 Å². The Labute approximate surface area is 187 Å². The number of halogens is 2. The van der Waals surface area contributed by atoms with Crippen LogP contribution in [0.5, 0.6) is 11.5 Å². The van der Waals surface area contributed by atoms with E-state index >= 15 is 0 Å². The maximum Gasteiger partial charge on any atom is 0.282 e. The lowest BCUT2D eigenvalue weighted by atomic mass is 10.0. The number of anilines is 2. The quantitative estimate of drug-likeness (QED) is 0.586. The summed E-state index contributed by atoms with van der Waals surface area (Å²) in [6.45, 7) is 0.876. The molecule has 0 unspecified atom stereocenters. The topological polar surface area (TPSA) is 67.9 Å². The molecule has 32 heavy (non-hydrogen) atoms. The van der Waals surface area contributed by atoms with E-state index in [1.165, 1.54) is 30.3 Å². The Morgan fingerprint density at radius 3 is 2.38 bits per heavy atom. The molecule has 0 aromatic heterocycles. The molecular formula is C24H16ClFN2O4. The fourth-order valence-electron chi connectivity index (χ4n) is 3.65. The molecule has 8 heteroatoms. The van der Waals surface area contributed by atoms with Gasteiger partial charge in [-0.25, -0.2) is 9.29 Å². The number of rotatable bonds is 4. The molecule has 0 fully saturated rings. The standard InChI is InChI=1S/C24H16ClFN2O4/c25-15-2-1-3-18(12-15)28-23(29)21(14-4-6-16(26)7-5-14)22(24(28)30)27-17-8-9-19-20(13-17)32-11-10-31-19/h1-9,12-13,27H,10-11H2. The third-order valence-electron chi connectivity index (χ3n) is 5.09. The lowest BCUT2D eigenvalue weighted by Crippen LogP contribution is -2.32. The highest BCUT2D eigenvalue weighted by molar-refractivity contribution is 6.46. The largest absolute Gasteiger partial charge is 0.486 e. The molecule has 6 nitrogen and oxygen atoms in total. The van der Waals surface area contributed by atoms with E-state index in [9.17, 15) is 14.0 Å². The molecule has 2 amide bonds. The van der Waals surface area contributed by atoms with Crippen LogP contribution in [0.1, 0.15) is 5.56 Å². The Morgan fingerprint density at radius 1 is 0.875 bits per heavy atom. The van der Waals surface area contributed by atoms with Gasteiger partial charge in [-0.1, -0.05) is 29.8 Å². The number of hydrogen-bond donors (Lipinski definition) is 1. The first kappa shape index (κ1) is 20.1. The number of ether oxygens (including phenoxy) is 2. The zero-order valence-corrected chi connectivity index (χ0v) is 17.4. The van der Waals surface area contributed by atoms with Gasteiger partial charge in [0.25, 0.3) is 11.8 Å². The fraction of sp³-hybridized carbons (Fsp3) is 0.0833. The van der Waals surface area contributed by atoms with Gasteiger partial charge in [0.15, 0.2) is 11.5 Å². The second-order valence-electron chi connectivity index (χ2n) is 7.17. The molecule has 0 spiro atoms. The van der Waals surface area contributed by atoms with Crippen LogP contribution >= 0.6 is 11.6 Å². The molecule has 0 bridgehead atoms. The first-order valence-electron chi connectivity index (χ1n) is 9.82. The van der Waals surface area contributed by atoms with Crippen LogP contribution in [0.3, 0.4) is 0 Å². The third kappa shape index (κ3) is 3.56. The van der Waals surface area contributed by atoms with Crippen molar-refractivity contribution in [2.24, 2.45) is 0 Å². The van der Waals surface area contributed by atoms with Crippen molar-refractivity contribution in [1.82, 2.24) is 0 Å². The van der Waals surface area contributed by atoms with Gasteiger partial charge < -0.3 is 14.8 Å². The van der Waals surface area contributed by atoms with E-state index in [0.717, 1.165) is 4.90 Å². The molecule has 2 aliphatic rings. The zero-order chi connectivity index (χ0) is 22.2. The van der Waals surface area contributed by atoms with Gasteiger partial charge in [-0.2, -0.15) is 0 Å². The second-order valence-corrected chi connectivity index (χ2v) is 7.60. The van der Waals surface area contributed by atoms with Crippen LogP contribution in [-0.4, -0.2) is 25.0 Å². The third-order valence-corrected chi connectivity index (χ3v) is 5.33. The van der Waals surface area contributed by atoms with Crippen molar-refractivity contribution in [3.05, 3.63) is 88.8 Å². The highest BCUT2D eigenvalue weighted by atomic mass is 35.5. The molecule has 0 atom stereocenters. The van der Waals surface area contributed by atoms with Crippen LogP contribution in [0.4, 0.5) is 15.8 Å². The molecule has 3 aromatic carbocycles. The van der Waals surface area contributed by atoms with Gasteiger partial charge in [0.1, 0.15) is 24.7 Å². The van der Waals surface area contributed by atoms with Gasteiger partial charge >= 0.3 is 0 Å². The summed E-state index contributed by atoms with van der Waals surface area (Å²) < 4.78 is 24.6. The molecule has 0 aliphatic carbocycles. The number of fused-ring (bicyclic) bond motifs is 1. The lowest BCUT2D eigenvalue weighted by molar-refractivity contribution is -0.120. The maximum absolute atomic E-state index is 13.5. The van der Waals surface area contributed by atoms with Crippen molar-refractivity contribution in [1.29, 1.82) is 0 Å². The van der Waals surface area contributed by atoms with Crippen molar-refractivity contribution < 1.29 is 23.5 Å². The number of amides is 2. The number of nitrogens with zero attached hydrogens (tertiary/aromatic N) is 1. The Balaban J connectivity index is 1.59. The Bertz CT molecular complexity index is 1270. The minimum atomic E-state index is -0.550. The summed E-state index contributed by atoms with van der Waals surface area (Å²) in [5, 5.41) is 3.44. The average molecular weight is 451 g/mol. The van der Waals surface area contributed by atoms with E-state index in [4.69, 9.17) is 21.1 Å². The van der Waals surface area contributed by atoms with Gasteiger partial charge in [-0.05, 0) is 48.0 Å². The molecular weight excluding hydrogens is 435 g/mol. The molecule has 0 saturated carbocycles. The van der Waals surface area contributed by atoms with Crippen molar-refractivity contribution in [3.8, 4) is 11.5 Å².